The summed E-state index contributed by atoms with van der Waals surface area (Å²) in [6.45, 7) is 1.83. The molecule has 1 unspecified atom stereocenters. The molecule has 0 aliphatic carbocycles. The smallest absolute Gasteiger partial charge is 0.332 e. The second kappa shape index (κ2) is 5.71. The molecule has 0 amide bonds. The number of phenols is 1. The molecule has 0 bridgehead atoms. The summed E-state index contributed by atoms with van der Waals surface area (Å²) in [4.78, 5) is 12.2. The first-order chi connectivity index (χ1) is 9.45. The SMILES string of the molecule is COC(=O)C(C)(Cc1ccc(O)cc1)n1ccc(Br)c1. The lowest BCUT2D eigenvalue weighted by Gasteiger charge is -2.28. The van der Waals surface area contributed by atoms with Crippen LogP contribution < -0.4 is 0 Å². The monoisotopic (exact) mass is 337 g/mol. The number of ether oxygens (including phenoxy) is 1. The van der Waals surface area contributed by atoms with Gasteiger partial charge in [-0.25, -0.2) is 4.79 Å². The van der Waals surface area contributed by atoms with Crippen molar-refractivity contribution in [2.24, 2.45) is 0 Å². The molecule has 1 atom stereocenters. The van der Waals surface area contributed by atoms with Crippen molar-refractivity contribution in [3.8, 4) is 5.75 Å². The minimum Gasteiger partial charge on any atom is -0.508 e. The number of nitrogens with zero attached hydrogens (tertiary/aromatic N) is 1. The van der Waals surface area contributed by atoms with Crippen LogP contribution in [0, 0.1) is 0 Å². The van der Waals surface area contributed by atoms with Crippen molar-refractivity contribution in [1.82, 2.24) is 4.57 Å². The summed E-state index contributed by atoms with van der Waals surface area (Å²) in [5.41, 5.74) is 0.109. The van der Waals surface area contributed by atoms with Gasteiger partial charge in [-0.15, -0.1) is 0 Å². The van der Waals surface area contributed by atoms with Crippen molar-refractivity contribution in [2.45, 2.75) is 18.9 Å². The molecule has 1 heterocycles. The van der Waals surface area contributed by atoms with E-state index in [9.17, 15) is 9.90 Å². The minimum atomic E-state index is -0.836. The van der Waals surface area contributed by atoms with Crippen molar-refractivity contribution >= 4 is 21.9 Å². The molecular formula is C15H16BrNO3. The largest absolute Gasteiger partial charge is 0.508 e. The van der Waals surface area contributed by atoms with Crippen molar-refractivity contribution in [2.75, 3.05) is 7.11 Å². The van der Waals surface area contributed by atoms with Gasteiger partial charge in [-0.3, -0.25) is 0 Å². The molecule has 0 aliphatic heterocycles. The van der Waals surface area contributed by atoms with Crippen LogP contribution in [0.1, 0.15) is 12.5 Å². The Morgan fingerprint density at radius 1 is 1.35 bits per heavy atom. The summed E-state index contributed by atoms with van der Waals surface area (Å²) in [5, 5.41) is 9.33. The normalized spacial score (nSPS) is 13.8. The third-order valence-corrected chi connectivity index (χ3v) is 3.81. The van der Waals surface area contributed by atoms with E-state index in [1.165, 1.54) is 7.11 Å². The van der Waals surface area contributed by atoms with E-state index in [0.717, 1.165) is 10.0 Å². The molecule has 0 aliphatic rings. The summed E-state index contributed by atoms with van der Waals surface area (Å²) in [6.07, 6.45) is 4.15. The van der Waals surface area contributed by atoms with Gasteiger partial charge in [0.15, 0.2) is 0 Å². The van der Waals surface area contributed by atoms with Crippen molar-refractivity contribution in [1.29, 1.82) is 0 Å². The Hall–Kier alpha value is -1.75. The van der Waals surface area contributed by atoms with E-state index in [0.29, 0.717) is 6.42 Å². The van der Waals surface area contributed by atoms with Gasteiger partial charge in [-0.1, -0.05) is 12.1 Å². The molecule has 5 heteroatoms. The molecule has 2 rings (SSSR count). The fourth-order valence-electron chi connectivity index (χ4n) is 2.18. The Morgan fingerprint density at radius 3 is 2.50 bits per heavy atom. The molecule has 0 fully saturated rings. The third kappa shape index (κ3) is 2.88. The summed E-state index contributed by atoms with van der Waals surface area (Å²) in [6, 6.07) is 8.69. The number of carbonyl (C=O) groups is 1. The number of rotatable bonds is 4. The quantitative estimate of drug-likeness (QED) is 0.872. The van der Waals surface area contributed by atoms with Crippen LogP contribution in [0.2, 0.25) is 0 Å². The number of aromatic hydroxyl groups is 1. The molecule has 4 nitrogen and oxygen atoms in total. The van der Waals surface area contributed by atoms with Crippen molar-refractivity contribution in [3.05, 3.63) is 52.8 Å². The van der Waals surface area contributed by atoms with Crippen LogP contribution in [0.15, 0.2) is 47.2 Å². The van der Waals surface area contributed by atoms with E-state index in [2.05, 4.69) is 15.9 Å². The molecule has 106 valence electrons. The number of benzene rings is 1. The topological polar surface area (TPSA) is 51.5 Å². The number of hydrogen-bond donors (Lipinski definition) is 1. The highest BCUT2D eigenvalue weighted by atomic mass is 79.9. The van der Waals surface area contributed by atoms with Gasteiger partial charge < -0.3 is 14.4 Å². The number of halogens is 1. The van der Waals surface area contributed by atoms with Crippen molar-refractivity contribution < 1.29 is 14.6 Å². The Labute approximate surface area is 126 Å². The zero-order valence-corrected chi connectivity index (χ0v) is 12.9. The van der Waals surface area contributed by atoms with E-state index < -0.39 is 5.54 Å². The van der Waals surface area contributed by atoms with Gasteiger partial charge in [-0.2, -0.15) is 0 Å². The molecule has 0 saturated heterocycles. The van der Waals surface area contributed by atoms with Crippen LogP contribution in [0.5, 0.6) is 5.75 Å². The molecule has 1 aromatic carbocycles. The summed E-state index contributed by atoms with van der Waals surface area (Å²) in [5.74, 6) is -0.106. The Bertz CT molecular complexity index is 606. The number of aromatic nitrogens is 1. The number of phenolic OH excluding ortho intramolecular Hbond substituents is 1. The average molecular weight is 338 g/mol. The zero-order valence-electron chi connectivity index (χ0n) is 11.3. The molecule has 1 aromatic heterocycles. The third-order valence-electron chi connectivity index (χ3n) is 3.34. The summed E-state index contributed by atoms with van der Waals surface area (Å²) < 4.78 is 7.68. The lowest BCUT2D eigenvalue weighted by molar-refractivity contribution is -0.150. The minimum absolute atomic E-state index is 0.206. The zero-order chi connectivity index (χ0) is 14.8. The summed E-state index contributed by atoms with van der Waals surface area (Å²) >= 11 is 3.38. The first-order valence-electron chi connectivity index (χ1n) is 6.16. The maximum absolute atomic E-state index is 12.2. The first-order valence-corrected chi connectivity index (χ1v) is 6.95. The maximum Gasteiger partial charge on any atom is 0.332 e. The highest BCUT2D eigenvalue weighted by molar-refractivity contribution is 9.10. The van der Waals surface area contributed by atoms with E-state index in [1.54, 1.807) is 24.3 Å². The van der Waals surface area contributed by atoms with Gasteiger partial charge in [0.2, 0.25) is 0 Å². The Morgan fingerprint density at radius 2 is 2.00 bits per heavy atom. The molecule has 0 radical (unpaired) electrons. The van der Waals surface area contributed by atoms with Gasteiger partial charge >= 0.3 is 5.97 Å². The van der Waals surface area contributed by atoms with Gasteiger partial charge in [0, 0.05) is 23.3 Å². The van der Waals surface area contributed by atoms with Gasteiger partial charge in [-0.05, 0) is 46.6 Å². The second-order valence-electron chi connectivity index (χ2n) is 4.85. The maximum atomic E-state index is 12.2. The predicted molar refractivity (Wildman–Crippen MR) is 79.6 cm³/mol. The molecule has 0 spiro atoms. The number of esters is 1. The molecule has 2 aromatic rings. The van der Waals surface area contributed by atoms with E-state index >= 15 is 0 Å². The van der Waals surface area contributed by atoms with Crippen LogP contribution in [-0.2, 0) is 21.5 Å². The lowest BCUT2D eigenvalue weighted by Crippen LogP contribution is -2.41. The van der Waals surface area contributed by atoms with E-state index in [4.69, 9.17) is 4.74 Å². The molecular weight excluding hydrogens is 322 g/mol. The van der Waals surface area contributed by atoms with Gasteiger partial charge in [0.25, 0.3) is 0 Å². The average Bonchev–Trinajstić information content (AvgIpc) is 2.87. The predicted octanol–water partition coefficient (Wildman–Crippen LogP) is 3.09. The van der Waals surface area contributed by atoms with Gasteiger partial charge in [0.05, 0.1) is 7.11 Å². The lowest BCUT2D eigenvalue weighted by atomic mass is 9.92. The fraction of sp³-hybridized carbons (Fsp3) is 0.267. The summed E-state index contributed by atoms with van der Waals surface area (Å²) in [7, 11) is 1.38. The standard InChI is InChI=1S/C15H16BrNO3/c1-15(14(19)20-2,17-8-7-12(16)10-17)9-11-3-5-13(18)6-4-11/h3-8,10,18H,9H2,1-2H3. The Balaban J connectivity index is 2.37. The van der Waals surface area contributed by atoms with Crippen LogP contribution >= 0.6 is 15.9 Å². The van der Waals surface area contributed by atoms with Gasteiger partial charge in [0.1, 0.15) is 11.3 Å². The second-order valence-corrected chi connectivity index (χ2v) is 5.76. The number of hydrogen-bond acceptors (Lipinski definition) is 3. The Kier molecular flexibility index (Phi) is 4.18. The fourth-order valence-corrected chi connectivity index (χ4v) is 2.52. The molecule has 1 N–H and O–H groups in total. The first kappa shape index (κ1) is 14.7. The number of carbonyl (C=O) groups excluding carboxylic acids is 1. The molecule has 20 heavy (non-hydrogen) atoms. The highest BCUT2D eigenvalue weighted by Gasteiger charge is 2.36. The van der Waals surface area contributed by atoms with Crippen LogP contribution in [0.3, 0.4) is 0 Å². The van der Waals surface area contributed by atoms with Crippen LogP contribution in [0.25, 0.3) is 0 Å². The van der Waals surface area contributed by atoms with Crippen LogP contribution in [0.4, 0.5) is 0 Å². The van der Waals surface area contributed by atoms with Crippen molar-refractivity contribution in [3.63, 3.8) is 0 Å². The van der Waals surface area contributed by atoms with Crippen LogP contribution in [-0.4, -0.2) is 22.8 Å². The van der Waals surface area contributed by atoms with E-state index in [1.807, 2.05) is 30.0 Å². The van der Waals surface area contributed by atoms with E-state index in [-0.39, 0.29) is 11.7 Å². The number of methoxy groups -OCH3 is 1. The highest BCUT2D eigenvalue weighted by Crippen LogP contribution is 2.27. The molecule has 0 saturated carbocycles.